The highest BCUT2D eigenvalue weighted by Crippen LogP contribution is 2.32. The van der Waals surface area contributed by atoms with Crippen LogP contribution in [0.4, 0.5) is 10.8 Å². The van der Waals surface area contributed by atoms with E-state index in [0.717, 1.165) is 4.70 Å². The first-order chi connectivity index (χ1) is 11.5. The number of rotatable bonds is 4. The van der Waals surface area contributed by atoms with Crippen molar-refractivity contribution in [3.8, 4) is 0 Å². The maximum absolute atomic E-state index is 12.8. The van der Waals surface area contributed by atoms with Crippen molar-refractivity contribution in [2.75, 3.05) is 11.4 Å². The van der Waals surface area contributed by atoms with Gasteiger partial charge in [0.1, 0.15) is 5.56 Å². The number of nitro groups is 1. The summed E-state index contributed by atoms with van der Waals surface area (Å²) in [6.07, 6.45) is 0. The van der Waals surface area contributed by atoms with Gasteiger partial charge in [0.2, 0.25) is 0 Å². The lowest BCUT2D eigenvalue weighted by Crippen LogP contribution is -2.31. The monoisotopic (exact) mass is 361 g/mol. The first-order valence-electron chi connectivity index (χ1n) is 7.12. The Morgan fingerprint density at radius 3 is 2.79 bits per heavy atom. The van der Waals surface area contributed by atoms with Gasteiger partial charge in [-0.15, -0.1) is 0 Å². The van der Waals surface area contributed by atoms with E-state index in [1.54, 1.807) is 25.1 Å². The van der Waals surface area contributed by atoms with Gasteiger partial charge in [0.25, 0.3) is 11.6 Å². The molecule has 122 valence electrons. The molecule has 1 aromatic heterocycles. The first kappa shape index (κ1) is 16.4. The molecule has 6 nitrogen and oxygen atoms in total. The lowest BCUT2D eigenvalue weighted by molar-refractivity contribution is -0.385. The van der Waals surface area contributed by atoms with Crippen molar-refractivity contribution in [2.24, 2.45) is 0 Å². The summed E-state index contributed by atoms with van der Waals surface area (Å²) in [7, 11) is 0. The number of carbonyl (C=O) groups is 1. The standard InChI is InChI=1S/C16H12ClN3O3S/c1-2-19(15(21)11-5-3-4-6-13(11)20(22)23)16-18-12-9-10(17)7-8-14(12)24-16/h3-9H,2H2,1H3. The van der Waals surface area contributed by atoms with Gasteiger partial charge in [-0.05, 0) is 31.2 Å². The molecule has 0 unspecified atom stereocenters. The van der Waals surface area contributed by atoms with Gasteiger partial charge in [0, 0.05) is 17.6 Å². The van der Waals surface area contributed by atoms with E-state index in [1.165, 1.54) is 34.4 Å². The van der Waals surface area contributed by atoms with Crippen molar-refractivity contribution in [3.63, 3.8) is 0 Å². The summed E-state index contributed by atoms with van der Waals surface area (Å²) in [6.45, 7) is 2.14. The molecule has 0 saturated carbocycles. The molecule has 0 aliphatic heterocycles. The van der Waals surface area contributed by atoms with Crippen molar-refractivity contribution in [1.82, 2.24) is 4.98 Å². The van der Waals surface area contributed by atoms with Crippen molar-refractivity contribution in [2.45, 2.75) is 6.92 Å². The molecule has 1 amide bonds. The highest BCUT2D eigenvalue weighted by Gasteiger charge is 2.26. The molecular formula is C16H12ClN3O3S. The molecule has 0 atom stereocenters. The van der Waals surface area contributed by atoms with Crippen LogP contribution in [-0.2, 0) is 0 Å². The molecule has 0 fully saturated rings. The van der Waals surface area contributed by atoms with E-state index in [0.29, 0.717) is 22.2 Å². The van der Waals surface area contributed by atoms with Gasteiger partial charge in [0.15, 0.2) is 5.13 Å². The Labute approximate surface area is 146 Å². The molecule has 0 bridgehead atoms. The molecule has 24 heavy (non-hydrogen) atoms. The number of nitrogens with zero attached hydrogens (tertiary/aromatic N) is 3. The van der Waals surface area contributed by atoms with E-state index < -0.39 is 10.8 Å². The highest BCUT2D eigenvalue weighted by atomic mass is 35.5. The van der Waals surface area contributed by atoms with E-state index in [4.69, 9.17) is 11.6 Å². The first-order valence-corrected chi connectivity index (χ1v) is 8.32. The Morgan fingerprint density at radius 2 is 2.08 bits per heavy atom. The summed E-state index contributed by atoms with van der Waals surface area (Å²) < 4.78 is 0.892. The smallest absolute Gasteiger partial charge is 0.282 e. The van der Waals surface area contributed by atoms with Crippen LogP contribution in [0.5, 0.6) is 0 Å². The molecule has 3 aromatic rings. The summed E-state index contributed by atoms with van der Waals surface area (Å²) in [4.78, 5) is 29.3. The fraction of sp³-hybridized carbons (Fsp3) is 0.125. The number of carbonyl (C=O) groups excluding carboxylic acids is 1. The second-order valence-corrected chi connectivity index (χ2v) is 6.38. The number of halogens is 1. The van der Waals surface area contributed by atoms with Gasteiger partial charge in [-0.3, -0.25) is 19.8 Å². The lowest BCUT2D eigenvalue weighted by atomic mass is 10.1. The van der Waals surface area contributed by atoms with Crippen LogP contribution in [0.2, 0.25) is 5.02 Å². The Bertz CT molecular complexity index is 941. The summed E-state index contributed by atoms with van der Waals surface area (Å²) in [6, 6.07) is 11.2. The predicted molar refractivity (Wildman–Crippen MR) is 95.1 cm³/mol. The van der Waals surface area contributed by atoms with Crippen LogP contribution in [0.1, 0.15) is 17.3 Å². The summed E-state index contributed by atoms with van der Waals surface area (Å²) in [5.74, 6) is -0.449. The highest BCUT2D eigenvalue weighted by molar-refractivity contribution is 7.22. The average molecular weight is 362 g/mol. The average Bonchev–Trinajstić information content (AvgIpc) is 2.97. The molecule has 0 saturated heterocycles. The zero-order valence-electron chi connectivity index (χ0n) is 12.6. The molecule has 1 heterocycles. The summed E-state index contributed by atoms with van der Waals surface area (Å²) >= 11 is 7.31. The van der Waals surface area contributed by atoms with Crippen LogP contribution < -0.4 is 4.90 Å². The fourth-order valence-corrected chi connectivity index (χ4v) is 3.50. The number of para-hydroxylation sites is 1. The molecular weight excluding hydrogens is 350 g/mol. The summed E-state index contributed by atoms with van der Waals surface area (Å²) in [5, 5.41) is 12.2. The molecule has 3 rings (SSSR count). The quantitative estimate of drug-likeness (QED) is 0.505. The minimum atomic E-state index is -0.556. The third kappa shape index (κ3) is 2.95. The Hall–Kier alpha value is -2.51. The number of hydrogen-bond acceptors (Lipinski definition) is 5. The van der Waals surface area contributed by atoms with Gasteiger partial charge in [-0.2, -0.15) is 0 Å². The van der Waals surface area contributed by atoms with E-state index in [9.17, 15) is 14.9 Å². The number of anilines is 1. The van der Waals surface area contributed by atoms with Crippen LogP contribution in [0.25, 0.3) is 10.2 Å². The molecule has 0 aliphatic rings. The van der Waals surface area contributed by atoms with Gasteiger partial charge in [-0.25, -0.2) is 4.98 Å². The SMILES string of the molecule is CCN(C(=O)c1ccccc1[N+](=O)[O-])c1nc2cc(Cl)ccc2s1. The lowest BCUT2D eigenvalue weighted by Gasteiger charge is -2.17. The van der Waals surface area contributed by atoms with Gasteiger partial charge >= 0.3 is 0 Å². The molecule has 0 radical (unpaired) electrons. The van der Waals surface area contributed by atoms with E-state index in [1.807, 2.05) is 6.07 Å². The largest absolute Gasteiger partial charge is 0.284 e. The number of hydrogen-bond donors (Lipinski definition) is 0. The van der Waals surface area contributed by atoms with Crippen LogP contribution >= 0.6 is 22.9 Å². The Kier molecular flexibility index (Phi) is 4.46. The normalized spacial score (nSPS) is 10.8. The molecule has 0 spiro atoms. The second kappa shape index (κ2) is 6.54. The van der Waals surface area contributed by atoms with Crippen LogP contribution in [0.3, 0.4) is 0 Å². The molecule has 0 aliphatic carbocycles. The van der Waals surface area contributed by atoms with Crippen LogP contribution in [-0.4, -0.2) is 22.4 Å². The number of thiazole rings is 1. The number of amides is 1. The zero-order valence-corrected chi connectivity index (χ0v) is 14.2. The van der Waals surface area contributed by atoms with Crippen LogP contribution in [0, 0.1) is 10.1 Å². The zero-order chi connectivity index (χ0) is 17.3. The third-order valence-electron chi connectivity index (χ3n) is 3.46. The van der Waals surface area contributed by atoms with Crippen molar-refractivity contribution >= 4 is 49.9 Å². The number of aromatic nitrogens is 1. The molecule has 0 N–H and O–H groups in total. The Morgan fingerprint density at radius 1 is 1.33 bits per heavy atom. The van der Waals surface area contributed by atoms with Crippen molar-refractivity contribution in [3.05, 3.63) is 63.2 Å². The topological polar surface area (TPSA) is 76.3 Å². The molecule has 2 aromatic carbocycles. The van der Waals surface area contributed by atoms with E-state index >= 15 is 0 Å². The van der Waals surface area contributed by atoms with Crippen LogP contribution in [0.15, 0.2) is 42.5 Å². The predicted octanol–water partition coefficient (Wildman–Crippen LogP) is 4.52. The van der Waals surface area contributed by atoms with E-state index in [2.05, 4.69) is 4.98 Å². The van der Waals surface area contributed by atoms with Crippen molar-refractivity contribution in [1.29, 1.82) is 0 Å². The number of benzene rings is 2. The number of nitro benzene ring substituents is 1. The second-order valence-electron chi connectivity index (χ2n) is 4.93. The maximum atomic E-state index is 12.8. The minimum Gasteiger partial charge on any atom is -0.284 e. The number of fused-ring (bicyclic) bond motifs is 1. The minimum absolute atomic E-state index is 0.0432. The summed E-state index contributed by atoms with van der Waals surface area (Å²) in [5.41, 5.74) is 0.517. The maximum Gasteiger partial charge on any atom is 0.282 e. The van der Waals surface area contributed by atoms with Gasteiger partial charge in [0.05, 0.1) is 15.1 Å². The van der Waals surface area contributed by atoms with Gasteiger partial charge in [-0.1, -0.05) is 35.1 Å². The Balaban J connectivity index is 2.04. The van der Waals surface area contributed by atoms with Crippen molar-refractivity contribution < 1.29 is 9.72 Å². The van der Waals surface area contributed by atoms with E-state index in [-0.39, 0.29) is 11.3 Å². The molecule has 8 heteroatoms. The third-order valence-corrected chi connectivity index (χ3v) is 4.76. The van der Waals surface area contributed by atoms with Gasteiger partial charge < -0.3 is 0 Å². The fourth-order valence-electron chi connectivity index (χ4n) is 2.33.